The van der Waals surface area contributed by atoms with E-state index >= 15 is 0 Å². The molecule has 2 heterocycles. The van der Waals surface area contributed by atoms with Crippen LogP contribution in [0.4, 0.5) is 0 Å². The molecule has 1 aliphatic rings. The molecule has 0 bridgehead atoms. The van der Waals surface area contributed by atoms with E-state index in [0.717, 1.165) is 27.5 Å². The van der Waals surface area contributed by atoms with Gasteiger partial charge in [0.15, 0.2) is 11.0 Å². The lowest BCUT2D eigenvalue weighted by Crippen LogP contribution is -2.22. The normalized spacial score (nSPS) is 17.3. The molecule has 3 aromatic rings. The molecule has 0 fully saturated rings. The summed E-state index contributed by atoms with van der Waals surface area (Å²) in [5, 5.41) is 1.03. The van der Waals surface area contributed by atoms with Crippen molar-refractivity contribution in [3.63, 3.8) is 0 Å². The van der Waals surface area contributed by atoms with E-state index in [4.69, 9.17) is 4.74 Å². The van der Waals surface area contributed by atoms with Gasteiger partial charge in [-0.25, -0.2) is 9.78 Å². The quantitative estimate of drug-likeness (QED) is 0.737. The number of thioether (sulfide) groups is 1. The molecular formula is C18H17N2O2S+. The summed E-state index contributed by atoms with van der Waals surface area (Å²) in [6, 6.07) is 16.0. The third kappa shape index (κ3) is 2.51. The van der Waals surface area contributed by atoms with Crippen molar-refractivity contribution in [1.29, 1.82) is 0 Å². The molecule has 116 valence electrons. The van der Waals surface area contributed by atoms with Crippen LogP contribution >= 0.6 is 11.8 Å². The van der Waals surface area contributed by atoms with Crippen LogP contribution in [0.25, 0.3) is 11.0 Å². The Labute approximate surface area is 138 Å². The van der Waals surface area contributed by atoms with Crippen LogP contribution in [-0.2, 0) is 0 Å². The zero-order chi connectivity index (χ0) is 15.8. The number of hydrogen-bond donors (Lipinski definition) is 0. The van der Waals surface area contributed by atoms with Crippen LogP contribution in [0.15, 0.2) is 53.7 Å². The molecule has 1 atom stereocenters. The SMILES string of the molecule is CCOc1ccc(C2CC(=O)n3c([nH+]c4ccccc43)S2)cc1. The number of aromatic amines is 1. The zero-order valence-electron chi connectivity index (χ0n) is 12.8. The Bertz CT molecular complexity index is 870. The molecule has 23 heavy (non-hydrogen) atoms. The molecule has 1 unspecified atom stereocenters. The fourth-order valence-electron chi connectivity index (χ4n) is 2.94. The summed E-state index contributed by atoms with van der Waals surface area (Å²) in [5.41, 5.74) is 3.09. The van der Waals surface area contributed by atoms with E-state index in [2.05, 4.69) is 4.98 Å². The van der Waals surface area contributed by atoms with E-state index < -0.39 is 0 Å². The number of fused-ring (bicyclic) bond motifs is 3. The first-order valence-electron chi connectivity index (χ1n) is 7.71. The highest BCUT2D eigenvalue weighted by atomic mass is 32.2. The topological polar surface area (TPSA) is 45.4 Å². The van der Waals surface area contributed by atoms with Gasteiger partial charge in [-0.1, -0.05) is 24.3 Å². The zero-order valence-corrected chi connectivity index (χ0v) is 13.6. The largest absolute Gasteiger partial charge is 0.494 e. The van der Waals surface area contributed by atoms with Crippen LogP contribution < -0.4 is 9.72 Å². The van der Waals surface area contributed by atoms with Crippen molar-refractivity contribution in [2.45, 2.75) is 23.8 Å². The van der Waals surface area contributed by atoms with Crippen molar-refractivity contribution >= 4 is 28.7 Å². The molecule has 1 aromatic heterocycles. The van der Waals surface area contributed by atoms with Gasteiger partial charge in [-0.15, -0.1) is 0 Å². The number of benzene rings is 2. The molecule has 0 amide bonds. The monoisotopic (exact) mass is 325 g/mol. The summed E-state index contributed by atoms with van der Waals surface area (Å²) in [5.74, 6) is 0.999. The van der Waals surface area contributed by atoms with Crippen LogP contribution in [0.2, 0.25) is 0 Å². The van der Waals surface area contributed by atoms with E-state index in [0.29, 0.717) is 13.0 Å². The molecule has 0 saturated carbocycles. The standard InChI is InChI=1S/C18H16N2O2S/c1-2-22-13-9-7-12(8-10-13)16-11-17(21)20-15-6-4-3-5-14(15)19-18(20)23-16/h3-10,16H,2,11H2,1H3/p+1. The number of ether oxygens (including phenoxy) is 1. The summed E-state index contributed by atoms with van der Waals surface area (Å²) >= 11 is 1.70. The number of para-hydroxylation sites is 2. The third-order valence-corrected chi connectivity index (χ3v) is 5.25. The molecule has 4 nitrogen and oxygen atoms in total. The molecule has 0 radical (unpaired) electrons. The van der Waals surface area contributed by atoms with Gasteiger partial charge in [-0.05, 0) is 48.5 Å². The van der Waals surface area contributed by atoms with Crippen LogP contribution in [0.1, 0.15) is 29.0 Å². The van der Waals surface area contributed by atoms with Crippen molar-refractivity contribution in [3.05, 3.63) is 54.1 Å². The summed E-state index contributed by atoms with van der Waals surface area (Å²) < 4.78 is 7.28. The fourth-order valence-corrected chi connectivity index (χ4v) is 4.21. The molecule has 0 aliphatic carbocycles. The van der Waals surface area contributed by atoms with Crippen molar-refractivity contribution < 1.29 is 14.5 Å². The highest BCUT2D eigenvalue weighted by Gasteiger charge is 2.35. The van der Waals surface area contributed by atoms with Gasteiger partial charge in [0, 0.05) is 0 Å². The first-order chi connectivity index (χ1) is 11.3. The van der Waals surface area contributed by atoms with E-state index in [1.54, 1.807) is 16.3 Å². The summed E-state index contributed by atoms with van der Waals surface area (Å²) in [6.45, 7) is 2.63. The Morgan fingerprint density at radius 2 is 2.00 bits per heavy atom. The van der Waals surface area contributed by atoms with Gasteiger partial charge in [0.05, 0.1) is 18.3 Å². The average Bonchev–Trinajstić information content (AvgIpc) is 2.94. The number of nitrogens with zero attached hydrogens (tertiary/aromatic N) is 1. The minimum Gasteiger partial charge on any atom is -0.494 e. The van der Waals surface area contributed by atoms with Crippen molar-refractivity contribution in [2.24, 2.45) is 0 Å². The molecule has 2 aromatic carbocycles. The van der Waals surface area contributed by atoms with Gasteiger partial charge >= 0.3 is 11.1 Å². The number of nitrogens with one attached hydrogen (secondary N) is 1. The number of rotatable bonds is 3. The number of H-pyrrole nitrogens is 1. The Kier molecular flexibility index (Phi) is 3.58. The van der Waals surface area contributed by atoms with Crippen LogP contribution in [0.3, 0.4) is 0 Å². The lowest BCUT2D eigenvalue weighted by atomic mass is 10.1. The number of hydrogen-bond acceptors (Lipinski definition) is 3. The van der Waals surface area contributed by atoms with Gasteiger partial charge in [-0.2, -0.15) is 4.57 Å². The maximum atomic E-state index is 12.6. The summed E-state index contributed by atoms with van der Waals surface area (Å²) in [7, 11) is 0. The lowest BCUT2D eigenvalue weighted by Gasteiger charge is -2.17. The summed E-state index contributed by atoms with van der Waals surface area (Å²) in [6.07, 6.45) is 0.498. The third-order valence-electron chi connectivity index (χ3n) is 4.02. The Balaban J connectivity index is 1.67. The molecule has 1 aliphatic heterocycles. The van der Waals surface area contributed by atoms with Crippen LogP contribution in [0, 0.1) is 0 Å². The summed E-state index contributed by atoms with van der Waals surface area (Å²) in [4.78, 5) is 16.0. The first-order valence-corrected chi connectivity index (χ1v) is 8.59. The molecule has 0 saturated heterocycles. The predicted molar refractivity (Wildman–Crippen MR) is 89.9 cm³/mol. The second kappa shape index (κ2) is 5.74. The number of carbonyl (C=O) groups excluding carboxylic acids is 1. The molecule has 5 heteroatoms. The lowest BCUT2D eigenvalue weighted by molar-refractivity contribution is -0.398. The molecular weight excluding hydrogens is 308 g/mol. The minimum atomic E-state index is 0.131. The van der Waals surface area contributed by atoms with Crippen molar-refractivity contribution in [1.82, 2.24) is 4.57 Å². The Morgan fingerprint density at radius 1 is 1.22 bits per heavy atom. The second-order valence-corrected chi connectivity index (χ2v) is 6.68. The van der Waals surface area contributed by atoms with Crippen molar-refractivity contribution in [3.8, 4) is 5.75 Å². The van der Waals surface area contributed by atoms with Crippen LogP contribution in [-0.4, -0.2) is 17.1 Å². The van der Waals surface area contributed by atoms with E-state index in [9.17, 15) is 4.79 Å². The van der Waals surface area contributed by atoms with Gasteiger partial charge in [0.25, 0.3) is 0 Å². The van der Waals surface area contributed by atoms with E-state index in [-0.39, 0.29) is 11.2 Å². The molecule has 1 N–H and O–H groups in total. The highest BCUT2D eigenvalue weighted by Crippen LogP contribution is 2.41. The average molecular weight is 325 g/mol. The maximum Gasteiger partial charge on any atom is 0.324 e. The number of aromatic nitrogens is 2. The predicted octanol–water partition coefficient (Wildman–Crippen LogP) is 3.73. The van der Waals surface area contributed by atoms with Gasteiger partial charge in [-0.3, -0.25) is 0 Å². The first kappa shape index (κ1) is 14.3. The number of imidazole rings is 1. The number of carbonyl (C=O) groups is 1. The smallest absolute Gasteiger partial charge is 0.324 e. The molecule has 0 spiro atoms. The Hall–Kier alpha value is -2.27. The Morgan fingerprint density at radius 3 is 2.78 bits per heavy atom. The van der Waals surface area contributed by atoms with Gasteiger partial charge < -0.3 is 4.74 Å². The minimum absolute atomic E-state index is 0.131. The fraction of sp³-hybridized carbons (Fsp3) is 0.222. The van der Waals surface area contributed by atoms with Gasteiger partial charge in [0.1, 0.15) is 5.75 Å². The van der Waals surface area contributed by atoms with Crippen molar-refractivity contribution in [2.75, 3.05) is 6.61 Å². The highest BCUT2D eigenvalue weighted by molar-refractivity contribution is 7.99. The maximum absolute atomic E-state index is 12.6. The van der Waals surface area contributed by atoms with E-state index in [1.807, 2.05) is 55.5 Å². The van der Waals surface area contributed by atoms with E-state index in [1.165, 1.54) is 0 Å². The van der Waals surface area contributed by atoms with Crippen LogP contribution in [0.5, 0.6) is 5.75 Å². The van der Waals surface area contributed by atoms with Gasteiger partial charge in [0.2, 0.25) is 0 Å². The second-order valence-electron chi connectivity index (χ2n) is 5.49. The molecule has 4 rings (SSSR count).